The van der Waals surface area contributed by atoms with E-state index in [0.717, 1.165) is 26.9 Å². The highest BCUT2D eigenvalue weighted by atomic mass is 32.1. The Balaban J connectivity index is 1.57. The summed E-state index contributed by atoms with van der Waals surface area (Å²) in [5.41, 5.74) is 2.15. The van der Waals surface area contributed by atoms with Crippen molar-refractivity contribution in [2.75, 3.05) is 12.4 Å². The maximum absolute atomic E-state index is 12.6. The highest BCUT2D eigenvalue weighted by molar-refractivity contribution is 7.22. The molecule has 0 unspecified atom stereocenters. The SMILES string of the molecule is COc1c(NC(=O)[C@H]2CCC(=O)N2)ccc2[nH]nc(-c3cc4ccccc4s3)c12. The van der Waals surface area contributed by atoms with E-state index in [2.05, 4.69) is 39.0 Å². The molecular formula is C21H18N4O3S. The van der Waals surface area contributed by atoms with Gasteiger partial charge in [-0.1, -0.05) is 18.2 Å². The second kappa shape index (κ2) is 6.89. The zero-order chi connectivity index (χ0) is 20.0. The number of hydrogen-bond donors (Lipinski definition) is 3. The van der Waals surface area contributed by atoms with Crippen LogP contribution in [0.15, 0.2) is 42.5 Å². The minimum Gasteiger partial charge on any atom is -0.494 e. The van der Waals surface area contributed by atoms with Gasteiger partial charge in [0.1, 0.15) is 11.7 Å². The molecule has 1 atom stereocenters. The van der Waals surface area contributed by atoms with Crippen molar-refractivity contribution in [1.82, 2.24) is 15.5 Å². The molecule has 1 saturated heterocycles. The molecular weight excluding hydrogens is 388 g/mol. The quantitative estimate of drug-likeness (QED) is 0.482. The number of aromatic amines is 1. The second-order valence-corrected chi connectivity index (χ2v) is 8.02. The number of amides is 2. The van der Waals surface area contributed by atoms with E-state index in [-0.39, 0.29) is 11.8 Å². The Morgan fingerprint density at radius 3 is 2.90 bits per heavy atom. The van der Waals surface area contributed by atoms with E-state index >= 15 is 0 Å². The molecule has 5 rings (SSSR count). The summed E-state index contributed by atoms with van der Waals surface area (Å²) in [4.78, 5) is 25.0. The van der Waals surface area contributed by atoms with E-state index in [0.29, 0.717) is 24.3 Å². The number of aromatic nitrogens is 2. The van der Waals surface area contributed by atoms with Gasteiger partial charge >= 0.3 is 0 Å². The van der Waals surface area contributed by atoms with Gasteiger partial charge in [-0.05, 0) is 36.1 Å². The topological polar surface area (TPSA) is 96.1 Å². The summed E-state index contributed by atoms with van der Waals surface area (Å²) in [6.45, 7) is 0. The Kier molecular flexibility index (Phi) is 4.21. The van der Waals surface area contributed by atoms with E-state index in [1.807, 2.05) is 18.2 Å². The van der Waals surface area contributed by atoms with Crippen molar-refractivity contribution in [3.05, 3.63) is 42.5 Å². The molecule has 2 aromatic carbocycles. The number of methoxy groups -OCH3 is 1. The molecule has 146 valence electrons. The first kappa shape index (κ1) is 17.7. The van der Waals surface area contributed by atoms with E-state index in [4.69, 9.17) is 4.74 Å². The standard InChI is InChI=1S/C21H18N4O3S/c1-28-20-13(23-21(27)14-8-9-17(26)22-14)7-6-12-18(20)19(25-24-12)16-10-11-4-2-3-5-15(11)29-16/h2-7,10,14H,8-9H2,1H3,(H,22,26)(H,23,27)(H,24,25)/t14-/m1/s1. The lowest BCUT2D eigenvalue weighted by Gasteiger charge is -2.14. The fraction of sp³-hybridized carbons (Fsp3) is 0.190. The summed E-state index contributed by atoms with van der Waals surface area (Å²) in [5, 5.41) is 15.1. The van der Waals surface area contributed by atoms with Gasteiger partial charge in [-0.15, -0.1) is 11.3 Å². The van der Waals surface area contributed by atoms with Crippen molar-refractivity contribution in [3.8, 4) is 16.3 Å². The van der Waals surface area contributed by atoms with Gasteiger partial charge in [0.2, 0.25) is 11.8 Å². The number of carbonyl (C=O) groups is 2. The Hall–Kier alpha value is -3.39. The summed E-state index contributed by atoms with van der Waals surface area (Å²) in [6, 6.07) is 13.4. The molecule has 3 N–H and O–H groups in total. The lowest BCUT2D eigenvalue weighted by molar-refractivity contribution is -0.122. The summed E-state index contributed by atoms with van der Waals surface area (Å²) < 4.78 is 6.86. The lowest BCUT2D eigenvalue weighted by atomic mass is 10.1. The smallest absolute Gasteiger partial charge is 0.247 e. The van der Waals surface area contributed by atoms with Gasteiger partial charge in [-0.25, -0.2) is 0 Å². The summed E-state index contributed by atoms with van der Waals surface area (Å²) in [5.74, 6) is 0.191. The zero-order valence-electron chi connectivity index (χ0n) is 15.6. The molecule has 1 aliphatic rings. The summed E-state index contributed by atoms with van der Waals surface area (Å²) in [7, 11) is 1.57. The van der Waals surface area contributed by atoms with Gasteiger partial charge in [-0.2, -0.15) is 5.10 Å². The van der Waals surface area contributed by atoms with Crippen LogP contribution in [-0.4, -0.2) is 35.2 Å². The fourth-order valence-corrected chi connectivity index (χ4v) is 4.76. The second-order valence-electron chi connectivity index (χ2n) is 6.94. The number of anilines is 1. The number of benzene rings is 2. The van der Waals surface area contributed by atoms with Crippen LogP contribution in [0.4, 0.5) is 5.69 Å². The fourth-order valence-electron chi connectivity index (χ4n) is 3.70. The highest BCUT2D eigenvalue weighted by Crippen LogP contribution is 2.42. The molecule has 7 nitrogen and oxygen atoms in total. The van der Waals surface area contributed by atoms with E-state index in [1.54, 1.807) is 24.5 Å². The Morgan fingerprint density at radius 1 is 1.28 bits per heavy atom. The Bertz CT molecular complexity index is 1230. The maximum Gasteiger partial charge on any atom is 0.247 e. The monoisotopic (exact) mass is 406 g/mol. The predicted molar refractivity (Wildman–Crippen MR) is 113 cm³/mol. The zero-order valence-corrected chi connectivity index (χ0v) is 16.4. The minimum atomic E-state index is -0.519. The molecule has 0 spiro atoms. The van der Waals surface area contributed by atoms with Crippen molar-refractivity contribution in [2.24, 2.45) is 0 Å². The Labute approximate surface area is 170 Å². The van der Waals surface area contributed by atoms with Crippen LogP contribution in [0.1, 0.15) is 12.8 Å². The van der Waals surface area contributed by atoms with Crippen LogP contribution < -0.4 is 15.4 Å². The normalized spacial score (nSPS) is 16.3. The molecule has 4 aromatic rings. The van der Waals surface area contributed by atoms with E-state index in [1.165, 1.54) is 4.70 Å². The molecule has 8 heteroatoms. The minimum absolute atomic E-state index is 0.102. The molecule has 0 radical (unpaired) electrons. The van der Waals surface area contributed by atoms with Gasteiger partial charge in [0.05, 0.1) is 28.6 Å². The lowest BCUT2D eigenvalue weighted by Crippen LogP contribution is -2.37. The first-order valence-electron chi connectivity index (χ1n) is 9.28. The van der Waals surface area contributed by atoms with Crippen molar-refractivity contribution in [2.45, 2.75) is 18.9 Å². The van der Waals surface area contributed by atoms with Crippen LogP contribution >= 0.6 is 11.3 Å². The number of rotatable bonds is 4. The molecule has 0 aliphatic carbocycles. The van der Waals surface area contributed by atoms with Crippen LogP contribution in [0.25, 0.3) is 31.6 Å². The number of fused-ring (bicyclic) bond motifs is 2. The molecule has 1 aliphatic heterocycles. The van der Waals surface area contributed by atoms with Crippen LogP contribution in [0.5, 0.6) is 5.75 Å². The van der Waals surface area contributed by atoms with Crippen molar-refractivity contribution < 1.29 is 14.3 Å². The number of H-pyrrole nitrogens is 1. The van der Waals surface area contributed by atoms with Crippen LogP contribution in [-0.2, 0) is 9.59 Å². The van der Waals surface area contributed by atoms with E-state index < -0.39 is 6.04 Å². The number of hydrogen-bond acceptors (Lipinski definition) is 5. The molecule has 0 bridgehead atoms. The van der Waals surface area contributed by atoms with Crippen LogP contribution in [0.3, 0.4) is 0 Å². The third-order valence-electron chi connectivity index (χ3n) is 5.12. The third kappa shape index (κ3) is 3.01. The number of carbonyl (C=O) groups excluding carboxylic acids is 2. The Morgan fingerprint density at radius 2 is 2.14 bits per heavy atom. The van der Waals surface area contributed by atoms with Gasteiger partial charge in [0.15, 0.2) is 5.75 Å². The molecule has 0 saturated carbocycles. The first-order chi connectivity index (χ1) is 14.1. The molecule has 29 heavy (non-hydrogen) atoms. The molecule has 1 fully saturated rings. The third-order valence-corrected chi connectivity index (χ3v) is 6.24. The van der Waals surface area contributed by atoms with Crippen LogP contribution in [0.2, 0.25) is 0 Å². The first-order valence-corrected chi connectivity index (χ1v) is 10.1. The van der Waals surface area contributed by atoms with E-state index in [9.17, 15) is 9.59 Å². The summed E-state index contributed by atoms with van der Waals surface area (Å²) in [6.07, 6.45) is 0.861. The molecule has 2 aromatic heterocycles. The van der Waals surface area contributed by atoms with Gasteiger partial charge < -0.3 is 15.4 Å². The predicted octanol–water partition coefficient (Wildman–Crippen LogP) is 3.67. The van der Waals surface area contributed by atoms with Crippen molar-refractivity contribution >= 4 is 49.8 Å². The molecule has 2 amide bonds. The number of thiophene rings is 1. The van der Waals surface area contributed by atoms with Crippen molar-refractivity contribution in [1.29, 1.82) is 0 Å². The summed E-state index contributed by atoms with van der Waals surface area (Å²) >= 11 is 1.66. The maximum atomic E-state index is 12.6. The largest absolute Gasteiger partial charge is 0.494 e. The van der Waals surface area contributed by atoms with Gasteiger partial charge in [-0.3, -0.25) is 14.7 Å². The number of nitrogens with zero attached hydrogens (tertiary/aromatic N) is 1. The number of ether oxygens (including phenoxy) is 1. The average molecular weight is 406 g/mol. The number of nitrogens with one attached hydrogen (secondary N) is 3. The average Bonchev–Trinajstić information content (AvgIpc) is 3.44. The highest BCUT2D eigenvalue weighted by Gasteiger charge is 2.28. The molecule has 3 heterocycles. The van der Waals surface area contributed by atoms with Crippen molar-refractivity contribution in [3.63, 3.8) is 0 Å². The van der Waals surface area contributed by atoms with Gasteiger partial charge in [0.25, 0.3) is 0 Å². The van der Waals surface area contributed by atoms with Gasteiger partial charge in [0, 0.05) is 11.1 Å². The van der Waals surface area contributed by atoms with Crippen LogP contribution in [0, 0.1) is 0 Å².